The fourth-order valence-corrected chi connectivity index (χ4v) is 3.20. The van der Waals surface area contributed by atoms with Crippen molar-refractivity contribution < 1.29 is 23.1 Å². The van der Waals surface area contributed by atoms with E-state index in [4.69, 9.17) is 16.3 Å². The van der Waals surface area contributed by atoms with E-state index in [0.29, 0.717) is 0 Å². The van der Waals surface area contributed by atoms with E-state index in [1.165, 1.54) is 0 Å². The van der Waals surface area contributed by atoms with Crippen LogP contribution in [0.25, 0.3) is 0 Å². The maximum Gasteiger partial charge on any atom is 0.407 e. The number of nitrogens with one attached hydrogen (secondary N) is 1. The first-order valence-electron chi connectivity index (χ1n) is 5.74. The first-order valence-corrected chi connectivity index (χ1v) is 8.34. The molecule has 0 aliphatic rings. The highest BCUT2D eigenvalue weighted by molar-refractivity contribution is 7.90. The van der Waals surface area contributed by atoms with Crippen LogP contribution in [0.3, 0.4) is 0 Å². The summed E-state index contributed by atoms with van der Waals surface area (Å²) in [4.78, 5) is 11.5. The van der Waals surface area contributed by atoms with Crippen molar-refractivity contribution in [2.24, 2.45) is 5.41 Å². The van der Waals surface area contributed by atoms with Crippen molar-refractivity contribution in [3.8, 4) is 0 Å². The van der Waals surface area contributed by atoms with E-state index in [0.717, 1.165) is 6.26 Å². The predicted octanol–water partition coefficient (Wildman–Crippen LogP) is 0.773. The first kappa shape index (κ1) is 18.5. The number of aliphatic hydroxyl groups excluding tert-OH is 1. The molecule has 0 saturated carbocycles. The molecule has 0 radical (unpaired) electrons. The largest absolute Gasteiger partial charge is 0.444 e. The molecule has 19 heavy (non-hydrogen) atoms. The van der Waals surface area contributed by atoms with Gasteiger partial charge in [0.2, 0.25) is 0 Å². The van der Waals surface area contributed by atoms with Gasteiger partial charge in [0.15, 0.2) is 0 Å². The van der Waals surface area contributed by atoms with Crippen LogP contribution in [-0.2, 0) is 14.6 Å². The van der Waals surface area contributed by atoms with E-state index in [1.807, 2.05) is 0 Å². The zero-order valence-corrected chi connectivity index (χ0v) is 13.3. The summed E-state index contributed by atoms with van der Waals surface area (Å²) in [5.41, 5.74) is -1.75. The van der Waals surface area contributed by atoms with Crippen molar-refractivity contribution in [2.75, 3.05) is 31.0 Å². The molecule has 0 aromatic carbocycles. The van der Waals surface area contributed by atoms with Crippen LogP contribution in [0.4, 0.5) is 4.79 Å². The number of amides is 1. The number of alkyl halides is 1. The van der Waals surface area contributed by atoms with Crippen LogP contribution in [-0.4, -0.2) is 56.3 Å². The summed E-state index contributed by atoms with van der Waals surface area (Å²) in [5, 5.41) is 11.8. The maximum atomic E-state index is 11.5. The van der Waals surface area contributed by atoms with E-state index >= 15 is 0 Å². The van der Waals surface area contributed by atoms with Gasteiger partial charge in [-0.05, 0) is 20.8 Å². The van der Waals surface area contributed by atoms with Crippen LogP contribution in [0.15, 0.2) is 0 Å². The van der Waals surface area contributed by atoms with Crippen molar-refractivity contribution in [1.82, 2.24) is 5.32 Å². The number of alkyl carbamates (subject to hydrolysis) is 1. The maximum absolute atomic E-state index is 11.5. The van der Waals surface area contributed by atoms with Gasteiger partial charge in [-0.1, -0.05) is 0 Å². The minimum Gasteiger partial charge on any atom is -0.444 e. The topological polar surface area (TPSA) is 92.7 Å². The molecule has 0 spiro atoms. The Kier molecular flexibility index (Phi) is 6.57. The van der Waals surface area contributed by atoms with E-state index in [2.05, 4.69) is 5.32 Å². The van der Waals surface area contributed by atoms with Gasteiger partial charge >= 0.3 is 6.09 Å². The van der Waals surface area contributed by atoms with Gasteiger partial charge in [-0.2, -0.15) is 0 Å². The molecule has 0 rings (SSSR count). The summed E-state index contributed by atoms with van der Waals surface area (Å²) >= 11 is 5.73. The number of hydrogen-bond acceptors (Lipinski definition) is 5. The second-order valence-electron chi connectivity index (χ2n) is 5.72. The number of rotatable bonds is 6. The third kappa shape index (κ3) is 8.28. The minimum absolute atomic E-state index is 0.0744. The highest BCUT2D eigenvalue weighted by Crippen LogP contribution is 2.20. The van der Waals surface area contributed by atoms with Gasteiger partial charge in [-0.15, -0.1) is 11.6 Å². The van der Waals surface area contributed by atoms with Crippen LogP contribution >= 0.6 is 11.6 Å². The number of sulfone groups is 1. The lowest BCUT2D eigenvalue weighted by Crippen LogP contribution is -2.47. The third-order valence-electron chi connectivity index (χ3n) is 2.19. The summed E-state index contributed by atoms with van der Waals surface area (Å²) < 4.78 is 27.7. The number of halogens is 1. The summed E-state index contributed by atoms with van der Waals surface area (Å²) in [5.74, 6) is -0.401. The van der Waals surface area contributed by atoms with Crippen LogP contribution in [0.5, 0.6) is 0 Å². The summed E-state index contributed by atoms with van der Waals surface area (Å²) in [6.07, 6.45) is 0.376. The van der Waals surface area contributed by atoms with Crippen molar-refractivity contribution in [3.05, 3.63) is 0 Å². The van der Waals surface area contributed by atoms with Crippen molar-refractivity contribution >= 4 is 27.5 Å². The molecule has 0 heterocycles. The van der Waals surface area contributed by atoms with E-state index in [9.17, 15) is 18.3 Å². The minimum atomic E-state index is -3.33. The molecule has 0 aliphatic carbocycles. The molecule has 2 N–H and O–H groups in total. The lowest BCUT2D eigenvalue weighted by atomic mass is 9.94. The standard InChI is InChI=1S/C11H22ClNO5S/c1-10(2,3)18-9(15)13-6-11(5-12,7-14)8-19(4,16)17/h14H,5-8H2,1-4H3,(H,13,15). The highest BCUT2D eigenvalue weighted by atomic mass is 35.5. The van der Waals surface area contributed by atoms with E-state index < -0.39 is 33.6 Å². The number of ether oxygens (including phenoxy) is 1. The number of aliphatic hydroxyl groups is 1. The molecule has 1 amide bonds. The molecule has 0 saturated heterocycles. The normalized spacial score (nSPS) is 15.7. The molecule has 1 unspecified atom stereocenters. The molecule has 0 aliphatic heterocycles. The van der Waals surface area contributed by atoms with Crippen LogP contribution < -0.4 is 5.32 Å². The second-order valence-corrected chi connectivity index (χ2v) is 8.12. The number of carbonyl (C=O) groups excluding carboxylic acids is 1. The Balaban J connectivity index is 4.65. The summed E-state index contributed by atoms with van der Waals surface area (Å²) in [6.45, 7) is 4.62. The first-order chi connectivity index (χ1) is 8.43. The smallest absolute Gasteiger partial charge is 0.407 e. The van der Waals surface area contributed by atoms with E-state index in [-0.39, 0.29) is 18.2 Å². The molecular formula is C11H22ClNO5S. The van der Waals surface area contributed by atoms with Gasteiger partial charge in [0, 0.05) is 24.1 Å². The summed E-state index contributed by atoms with van der Waals surface area (Å²) in [6, 6.07) is 0. The third-order valence-corrected chi connectivity index (χ3v) is 3.90. The Hall–Kier alpha value is -0.530. The molecule has 8 heteroatoms. The lowest BCUT2D eigenvalue weighted by Gasteiger charge is -2.29. The van der Waals surface area contributed by atoms with Crippen molar-refractivity contribution in [2.45, 2.75) is 26.4 Å². The van der Waals surface area contributed by atoms with Gasteiger partial charge in [0.1, 0.15) is 15.4 Å². The Morgan fingerprint density at radius 3 is 2.21 bits per heavy atom. The van der Waals surface area contributed by atoms with Crippen LogP contribution in [0.1, 0.15) is 20.8 Å². The average molecular weight is 316 g/mol. The molecule has 0 bridgehead atoms. The zero-order chi connectivity index (χ0) is 15.3. The van der Waals surface area contributed by atoms with Gasteiger partial charge in [0.25, 0.3) is 0 Å². The van der Waals surface area contributed by atoms with Crippen molar-refractivity contribution in [3.63, 3.8) is 0 Å². The molecular weight excluding hydrogens is 294 g/mol. The predicted molar refractivity (Wildman–Crippen MR) is 74.2 cm³/mol. The molecule has 0 fully saturated rings. The van der Waals surface area contributed by atoms with E-state index in [1.54, 1.807) is 20.8 Å². The molecule has 114 valence electrons. The summed E-state index contributed by atoms with van der Waals surface area (Å²) in [7, 11) is -3.33. The molecule has 6 nitrogen and oxygen atoms in total. The zero-order valence-electron chi connectivity index (χ0n) is 11.7. The quantitative estimate of drug-likeness (QED) is 0.706. The molecule has 0 aromatic rings. The van der Waals surface area contributed by atoms with Crippen LogP contribution in [0, 0.1) is 5.41 Å². The monoisotopic (exact) mass is 315 g/mol. The van der Waals surface area contributed by atoms with Gasteiger partial charge in [-0.25, -0.2) is 13.2 Å². The Morgan fingerprint density at radius 2 is 1.89 bits per heavy atom. The van der Waals surface area contributed by atoms with Gasteiger partial charge in [0.05, 0.1) is 12.4 Å². The highest BCUT2D eigenvalue weighted by Gasteiger charge is 2.34. The van der Waals surface area contributed by atoms with Gasteiger partial charge < -0.3 is 15.2 Å². The Labute approximate surface area is 119 Å². The second kappa shape index (κ2) is 6.76. The fourth-order valence-electron chi connectivity index (χ4n) is 1.41. The Morgan fingerprint density at radius 1 is 1.37 bits per heavy atom. The molecule has 0 aromatic heterocycles. The average Bonchev–Trinajstić information content (AvgIpc) is 2.20. The number of carbonyl (C=O) groups is 1. The number of hydrogen-bond donors (Lipinski definition) is 2. The van der Waals surface area contributed by atoms with Gasteiger partial charge in [-0.3, -0.25) is 0 Å². The molecule has 1 atom stereocenters. The van der Waals surface area contributed by atoms with Crippen molar-refractivity contribution in [1.29, 1.82) is 0 Å². The SMILES string of the molecule is CC(C)(C)OC(=O)NCC(CO)(CCl)CS(C)(=O)=O. The fraction of sp³-hybridized carbons (Fsp3) is 0.909. The Bertz CT molecular complexity index is 398. The van der Waals surface area contributed by atoms with Crippen LogP contribution in [0.2, 0.25) is 0 Å². The lowest BCUT2D eigenvalue weighted by molar-refractivity contribution is 0.0491.